The maximum atomic E-state index is 12.6. The second kappa shape index (κ2) is 7.25. The van der Waals surface area contributed by atoms with Crippen molar-refractivity contribution in [2.24, 2.45) is 0 Å². The zero-order valence-electron chi connectivity index (χ0n) is 15.4. The number of fused-ring (bicyclic) bond motifs is 2. The molecule has 0 amide bonds. The quantitative estimate of drug-likeness (QED) is 0.534. The topological polar surface area (TPSA) is 84.8 Å². The van der Waals surface area contributed by atoms with E-state index in [-0.39, 0.29) is 11.6 Å². The van der Waals surface area contributed by atoms with Crippen molar-refractivity contribution in [3.05, 3.63) is 75.7 Å². The average Bonchev–Trinajstić information content (AvgIpc) is 3.06. The highest BCUT2D eigenvalue weighted by Gasteiger charge is 2.21. The Bertz CT molecular complexity index is 1240. The molecule has 8 heteroatoms. The average molecular weight is 408 g/mol. The molecule has 0 radical (unpaired) electrons. The van der Waals surface area contributed by atoms with Gasteiger partial charge in [-0.15, -0.1) is 0 Å². The smallest absolute Gasteiger partial charge is 0.263 e. The normalized spacial score (nSPS) is 16.1. The predicted molar refractivity (Wildman–Crippen MR) is 112 cm³/mol. The van der Waals surface area contributed by atoms with Crippen LogP contribution in [0.4, 0.5) is 5.95 Å². The maximum absolute atomic E-state index is 12.6. The maximum Gasteiger partial charge on any atom is 0.263 e. The Labute approximate surface area is 171 Å². The molecule has 146 valence electrons. The first kappa shape index (κ1) is 17.8. The first-order valence-electron chi connectivity index (χ1n) is 9.41. The lowest BCUT2D eigenvalue weighted by atomic mass is 10.0. The van der Waals surface area contributed by atoms with E-state index in [1.165, 1.54) is 6.20 Å². The number of benzene rings is 2. The van der Waals surface area contributed by atoms with Crippen LogP contribution in [0.2, 0.25) is 5.02 Å². The monoisotopic (exact) mass is 407 g/mol. The minimum atomic E-state index is -0.235. The van der Waals surface area contributed by atoms with Crippen LogP contribution in [0.5, 0.6) is 5.75 Å². The lowest BCUT2D eigenvalue weighted by molar-refractivity contribution is 0.316. The van der Waals surface area contributed by atoms with Gasteiger partial charge in [-0.05, 0) is 37.1 Å². The molecule has 5 rings (SSSR count). The van der Waals surface area contributed by atoms with E-state index in [0.29, 0.717) is 28.6 Å². The van der Waals surface area contributed by atoms with Crippen LogP contribution in [-0.2, 0) is 0 Å². The Morgan fingerprint density at radius 3 is 2.93 bits per heavy atom. The van der Waals surface area contributed by atoms with Crippen LogP contribution in [0.3, 0.4) is 0 Å². The van der Waals surface area contributed by atoms with Gasteiger partial charge < -0.3 is 10.1 Å². The van der Waals surface area contributed by atoms with Crippen LogP contribution < -0.4 is 15.6 Å². The van der Waals surface area contributed by atoms with E-state index >= 15 is 0 Å². The molecule has 1 aliphatic heterocycles. The first-order valence-corrected chi connectivity index (χ1v) is 9.79. The van der Waals surface area contributed by atoms with Crippen LogP contribution in [-0.4, -0.2) is 26.4 Å². The highest BCUT2D eigenvalue weighted by atomic mass is 35.5. The molecule has 2 aromatic carbocycles. The molecule has 0 saturated heterocycles. The predicted octanol–water partition coefficient (Wildman–Crippen LogP) is 4.09. The van der Waals surface area contributed by atoms with Crippen LogP contribution in [0.25, 0.3) is 16.7 Å². The summed E-state index contributed by atoms with van der Waals surface area (Å²) in [4.78, 5) is 20.1. The molecule has 1 aliphatic rings. The SMILES string of the molecule is O=c1[nH]c(NC2CCCOc3cc(Cl)ccc32)nc2c1cnn2-c1ccccc1. The molecule has 2 N–H and O–H groups in total. The Hall–Kier alpha value is -3.32. The van der Waals surface area contributed by atoms with Crippen LogP contribution in [0.15, 0.2) is 59.5 Å². The van der Waals surface area contributed by atoms with E-state index in [2.05, 4.69) is 20.4 Å². The molecule has 7 nitrogen and oxygen atoms in total. The molecule has 29 heavy (non-hydrogen) atoms. The van der Waals surface area contributed by atoms with E-state index in [4.69, 9.17) is 16.3 Å². The third kappa shape index (κ3) is 3.34. The van der Waals surface area contributed by atoms with Crippen molar-refractivity contribution < 1.29 is 4.74 Å². The van der Waals surface area contributed by atoms with Crippen molar-refractivity contribution in [1.29, 1.82) is 0 Å². The molecule has 3 heterocycles. The van der Waals surface area contributed by atoms with E-state index in [1.807, 2.05) is 48.5 Å². The number of hydrogen-bond acceptors (Lipinski definition) is 5. The van der Waals surface area contributed by atoms with Crippen molar-refractivity contribution >= 4 is 28.6 Å². The summed E-state index contributed by atoms with van der Waals surface area (Å²) in [5, 5.41) is 8.78. The van der Waals surface area contributed by atoms with Gasteiger partial charge in [-0.1, -0.05) is 35.9 Å². The highest BCUT2D eigenvalue weighted by Crippen LogP contribution is 2.35. The molecule has 4 aromatic rings. The fourth-order valence-corrected chi connectivity index (χ4v) is 3.77. The second-order valence-electron chi connectivity index (χ2n) is 6.91. The molecule has 0 bridgehead atoms. The summed E-state index contributed by atoms with van der Waals surface area (Å²) in [6.45, 7) is 0.620. The van der Waals surface area contributed by atoms with Gasteiger partial charge in [-0.2, -0.15) is 10.1 Å². The van der Waals surface area contributed by atoms with Gasteiger partial charge in [0.15, 0.2) is 5.65 Å². The Morgan fingerprint density at radius 1 is 1.21 bits per heavy atom. The second-order valence-corrected chi connectivity index (χ2v) is 7.35. The minimum absolute atomic E-state index is 0.0570. The van der Waals surface area contributed by atoms with Crippen molar-refractivity contribution in [2.75, 3.05) is 11.9 Å². The number of aromatic nitrogens is 4. The lowest BCUT2D eigenvalue weighted by Gasteiger charge is -2.19. The zero-order valence-corrected chi connectivity index (χ0v) is 16.2. The van der Waals surface area contributed by atoms with Gasteiger partial charge in [0, 0.05) is 10.6 Å². The first-order chi connectivity index (χ1) is 14.2. The number of nitrogens with one attached hydrogen (secondary N) is 2. The number of rotatable bonds is 3. The summed E-state index contributed by atoms with van der Waals surface area (Å²) < 4.78 is 7.49. The number of anilines is 1. The molecular formula is C21H18ClN5O2. The third-order valence-electron chi connectivity index (χ3n) is 5.00. The Kier molecular flexibility index (Phi) is 4.44. The number of halogens is 1. The number of ether oxygens (including phenoxy) is 1. The standard InChI is InChI=1S/C21H18ClN5O2/c22-13-8-9-15-17(7-4-10-29-18(15)11-13)24-21-25-19-16(20(28)26-21)12-23-27(19)14-5-2-1-3-6-14/h1-3,5-6,8-9,11-12,17H,4,7,10H2,(H2,24,25,26,28). The van der Waals surface area contributed by atoms with E-state index in [1.54, 1.807) is 4.68 Å². The molecular weight excluding hydrogens is 390 g/mol. The number of nitrogens with zero attached hydrogens (tertiary/aromatic N) is 3. The minimum Gasteiger partial charge on any atom is -0.493 e. The summed E-state index contributed by atoms with van der Waals surface area (Å²) >= 11 is 6.12. The summed E-state index contributed by atoms with van der Waals surface area (Å²) in [5.41, 5.74) is 2.10. The largest absolute Gasteiger partial charge is 0.493 e. The molecule has 2 aromatic heterocycles. The van der Waals surface area contributed by atoms with Crippen LogP contribution in [0, 0.1) is 0 Å². The fourth-order valence-electron chi connectivity index (χ4n) is 3.61. The number of H-pyrrole nitrogens is 1. The van der Waals surface area contributed by atoms with Gasteiger partial charge >= 0.3 is 0 Å². The summed E-state index contributed by atoms with van der Waals surface area (Å²) in [6, 6.07) is 15.2. The number of aromatic amines is 1. The van der Waals surface area contributed by atoms with Gasteiger partial charge in [-0.25, -0.2) is 4.68 Å². The Balaban J connectivity index is 1.56. The highest BCUT2D eigenvalue weighted by molar-refractivity contribution is 6.30. The van der Waals surface area contributed by atoms with E-state index < -0.39 is 0 Å². The summed E-state index contributed by atoms with van der Waals surface area (Å²) in [5.74, 6) is 1.15. The van der Waals surface area contributed by atoms with Crippen LogP contribution >= 0.6 is 11.6 Å². The third-order valence-corrected chi connectivity index (χ3v) is 5.23. The molecule has 1 atom stereocenters. The molecule has 1 unspecified atom stereocenters. The summed E-state index contributed by atoms with van der Waals surface area (Å²) in [6.07, 6.45) is 3.25. The van der Waals surface area contributed by atoms with Crippen LogP contribution in [0.1, 0.15) is 24.4 Å². The van der Waals surface area contributed by atoms with Gasteiger partial charge in [0.1, 0.15) is 11.1 Å². The summed E-state index contributed by atoms with van der Waals surface area (Å²) in [7, 11) is 0. The molecule has 0 aliphatic carbocycles. The molecule has 0 spiro atoms. The van der Waals surface area contributed by atoms with E-state index in [0.717, 1.165) is 29.8 Å². The number of hydrogen-bond donors (Lipinski definition) is 2. The fraction of sp³-hybridized carbons (Fsp3) is 0.190. The van der Waals surface area contributed by atoms with Gasteiger partial charge in [0.2, 0.25) is 5.95 Å². The molecule has 0 fully saturated rings. The van der Waals surface area contributed by atoms with Gasteiger partial charge in [0.05, 0.1) is 24.5 Å². The zero-order chi connectivity index (χ0) is 19.8. The van der Waals surface area contributed by atoms with Crippen molar-refractivity contribution in [3.63, 3.8) is 0 Å². The van der Waals surface area contributed by atoms with Gasteiger partial charge in [0.25, 0.3) is 5.56 Å². The van der Waals surface area contributed by atoms with Crippen molar-refractivity contribution in [3.8, 4) is 11.4 Å². The number of para-hydroxylation sites is 1. The van der Waals surface area contributed by atoms with E-state index in [9.17, 15) is 4.79 Å². The Morgan fingerprint density at radius 2 is 2.07 bits per heavy atom. The van der Waals surface area contributed by atoms with Crippen molar-refractivity contribution in [1.82, 2.24) is 19.7 Å². The lowest BCUT2D eigenvalue weighted by Crippen LogP contribution is -2.17. The molecule has 0 saturated carbocycles. The van der Waals surface area contributed by atoms with Gasteiger partial charge in [-0.3, -0.25) is 9.78 Å². The van der Waals surface area contributed by atoms with Crippen molar-refractivity contribution in [2.45, 2.75) is 18.9 Å².